The molecule has 5 unspecified atom stereocenters. The lowest BCUT2D eigenvalue weighted by atomic mass is 9.73. The van der Waals surface area contributed by atoms with E-state index in [4.69, 9.17) is 0 Å². The number of rotatable bonds is 3. The van der Waals surface area contributed by atoms with Crippen LogP contribution in [0.15, 0.2) is 0 Å². The van der Waals surface area contributed by atoms with Gasteiger partial charge in [-0.05, 0) is 6.92 Å². The summed E-state index contributed by atoms with van der Waals surface area (Å²) in [6, 6.07) is 0.0135. The van der Waals surface area contributed by atoms with Crippen molar-refractivity contribution in [2.75, 3.05) is 19.6 Å². The molecule has 5 atom stereocenters. The fourth-order valence-corrected chi connectivity index (χ4v) is 5.79. The first-order chi connectivity index (χ1) is 8.32. The average Bonchev–Trinajstić information content (AvgIpc) is 2.66. The van der Waals surface area contributed by atoms with E-state index in [1.165, 1.54) is 0 Å². The van der Waals surface area contributed by atoms with E-state index in [0.717, 1.165) is 6.54 Å². The predicted octanol–water partition coefficient (Wildman–Crippen LogP) is 0.807. The van der Waals surface area contributed by atoms with E-state index in [9.17, 15) is 20.2 Å². The third kappa shape index (κ3) is 1.09. The summed E-state index contributed by atoms with van der Waals surface area (Å²) in [6.07, 6.45) is 0.547. The minimum Gasteiger partial charge on any atom is -0.308 e. The number of alkyl halides is 1. The fraction of sp³-hybridized carbons (Fsp3) is 1.00. The molecule has 1 saturated carbocycles. The second-order valence-electron chi connectivity index (χ2n) is 6.04. The molecule has 8 heteroatoms. The highest BCUT2D eigenvalue weighted by Crippen LogP contribution is 2.59. The minimum atomic E-state index is -1.15. The Labute approximate surface area is 112 Å². The zero-order chi connectivity index (χ0) is 13.3. The molecule has 0 amide bonds. The van der Waals surface area contributed by atoms with Crippen LogP contribution in [0.3, 0.4) is 0 Å². The molecule has 0 N–H and O–H groups in total. The van der Waals surface area contributed by atoms with Crippen LogP contribution in [-0.4, -0.2) is 55.9 Å². The van der Waals surface area contributed by atoms with Gasteiger partial charge in [0.2, 0.25) is 0 Å². The number of piperidine rings is 1. The van der Waals surface area contributed by atoms with Crippen molar-refractivity contribution in [1.29, 1.82) is 0 Å². The van der Waals surface area contributed by atoms with Gasteiger partial charge in [-0.25, -0.2) is 0 Å². The van der Waals surface area contributed by atoms with Crippen LogP contribution in [-0.2, 0) is 0 Å². The standard InChI is InChI=1S/C10H15BrN3O4/c1-2-14-5-9(12(15)16)3-7(14)8(11)10(4-9,6-14)13(17)18/h7-8H,2-6H2,1H3/q+1. The summed E-state index contributed by atoms with van der Waals surface area (Å²) >= 11 is 3.48. The second-order valence-corrected chi connectivity index (χ2v) is 7.03. The fourth-order valence-electron chi connectivity index (χ4n) is 4.62. The second kappa shape index (κ2) is 3.22. The summed E-state index contributed by atoms with van der Waals surface area (Å²) in [7, 11) is 0. The molecule has 1 aliphatic carbocycles. The van der Waals surface area contributed by atoms with Gasteiger partial charge in [0.25, 0.3) is 11.1 Å². The number of hydrogen-bond acceptors (Lipinski definition) is 4. The van der Waals surface area contributed by atoms with Crippen LogP contribution in [0.5, 0.6) is 0 Å². The SMILES string of the molecule is CC[N+]12CC3([N+](=O)[O-])CC1C(Br)C([N+](=O)[O-])(C3)C2. The molecule has 3 aliphatic heterocycles. The maximum absolute atomic E-state index is 11.5. The summed E-state index contributed by atoms with van der Waals surface area (Å²) in [5.74, 6) is 0. The summed E-state index contributed by atoms with van der Waals surface area (Å²) in [6.45, 7) is 3.60. The largest absolute Gasteiger partial charge is 0.308 e. The molecule has 18 heavy (non-hydrogen) atoms. The van der Waals surface area contributed by atoms with Gasteiger partial charge in [0.1, 0.15) is 17.3 Å². The number of likely N-dealkylation sites (N-methyl/N-ethyl adjacent to an activating group) is 1. The molecule has 3 heterocycles. The number of nitro groups is 2. The van der Waals surface area contributed by atoms with Crippen LogP contribution in [0.4, 0.5) is 0 Å². The molecule has 4 bridgehead atoms. The lowest BCUT2D eigenvalue weighted by Gasteiger charge is -2.37. The van der Waals surface area contributed by atoms with Gasteiger partial charge >= 0.3 is 0 Å². The smallest absolute Gasteiger partial charge is 0.294 e. The normalized spacial score (nSPS) is 52.8. The lowest BCUT2D eigenvalue weighted by molar-refractivity contribution is -0.943. The van der Waals surface area contributed by atoms with E-state index >= 15 is 0 Å². The van der Waals surface area contributed by atoms with Gasteiger partial charge in [0.15, 0.2) is 13.1 Å². The first-order valence-electron chi connectivity index (χ1n) is 6.11. The molecule has 4 rings (SSSR count). The van der Waals surface area contributed by atoms with E-state index in [-0.39, 0.29) is 27.1 Å². The highest BCUT2D eigenvalue weighted by Gasteiger charge is 2.85. The number of nitrogens with zero attached hydrogens (tertiary/aromatic N) is 3. The predicted molar refractivity (Wildman–Crippen MR) is 65.7 cm³/mol. The highest BCUT2D eigenvalue weighted by molar-refractivity contribution is 9.09. The molecule has 0 aromatic carbocycles. The maximum Gasteiger partial charge on any atom is 0.294 e. The van der Waals surface area contributed by atoms with Crippen LogP contribution in [0.25, 0.3) is 0 Å². The topological polar surface area (TPSA) is 86.3 Å². The van der Waals surface area contributed by atoms with Gasteiger partial charge in [-0.3, -0.25) is 20.2 Å². The molecule has 7 nitrogen and oxygen atoms in total. The van der Waals surface area contributed by atoms with Crippen molar-refractivity contribution >= 4 is 15.9 Å². The van der Waals surface area contributed by atoms with Crippen molar-refractivity contribution in [3.8, 4) is 0 Å². The Bertz CT molecular complexity index is 460. The Morgan fingerprint density at radius 2 is 2.00 bits per heavy atom. The number of quaternary nitrogens is 1. The molecule has 3 saturated heterocycles. The van der Waals surface area contributed by atoms with Gasteiger partial charge in [-0.15, -0.1) is 0 Å². The Kier molecular flexibility index (Phi) is 2.20. The van der Waals surface area contributed by atoms with Crippen molar-refractivity contribution in [2.45, 2.75) is 41.7 Å². The molecule has 0 spiro atoms. The van der Waals surface area contributed by atoms with Crippen molar-refractivity contribution in [3.05, 3.63) is 20.2 Å². The molecule has 0 aromatic heterocycles. The summed E-state index contributed by atoms with van der Waals surface area (Å²) in [5, 5.41) is 22.9. The summed E-state index contributed by atoms with van der Waals surface area (Å²) < 4.78 is 0.540. The quantitative estimate of drug-likeness (QED) is 0.333. The van der Waals surface area contributed by atoms with Crippen molar-refractivity contribution in [2.24, 2.45) is 0 Å². The lowest BCUT2D eigenvalue weighted by Crippen LogP contribution is -2.65. The van der Waals surface area contributed by atoms with Crippen LogP contribution in [0, 0.1) is 20.2 Å². The van der Waals surface area contributed by atoms with Gasteiger partial charge in [0, 0.05) is 9.85 Å². The van der Waals surface area contributed by atoms with E-state index in [1.807, 2.05) is 6.92 Å². The average molecular weight is 321 g/mol. The first kappa shape index (κ1) is 12.3. The third-order valence-electron chi connectivity index (χ3n) is 5.36. The molecule has 4 fully saturated rings. The summed E-state index contributed by atoms with van der Waals surface area (Å²) in [5.41, 5.74) is -2.22. The van der Waals surface area contributed by atoms with Crippen molar-refractivity contribution in [3.63, 3.8) is 0 Å². The first-order valence-corrected chi connectivity index (χ1v) is 7.02. The van der Waals surface area contributed by atoms with E-state index in [0.29, 0.717) is 24.0 Å². The van der Waals surface area contributed by atoms with Gasteiger partial charge < -0.3 is 4.48 Å². The van der Waals surface area contributed by atoms with Crippen LogP contribution < -0.4 is 0 Å². The number of hydrogen-bond donors (Lipinski definition) is 0. The molecule has 0 aromatic rings. The molecule has 100 valence electrons. The van der Waals surface area contributed by atoms with Gasteiger partial charge in [0.05, 0.1) is 13.0 Å². The Morgan fingerprint density at radius 3 is 2.44 bits per heavy atom. The zero-order valence-electron chi connectivity index (χ0n) is 10.0. The van der Waals surface area contributed by atoms with E-state index < -0.39 is 11.1 Å². The third-order valence-corrected chi connectivity index (χ3v) is 6.82. The minimum absolute atomic E-state index is 0.0135. The molecular formula is C10H15BrN3O4+. The van der Waals surface area contributed by atoms with E-state index in [1.54, 1.807) is 0 Å². The van der Waals surface area contributed by atoms with Crippen LogP contribution in [0.1, 0.15) is 19.8 Å². The molecule has 4 aliphatic rings. The highest BCUT2D eigenvalue weighted by atomic mass is 79.9. The van der Waals surface area contributed by atoms with Crippen LogP contribution in [0.2, 0.25) is 0 Å². The zero-order valence-corrected chi connectivity index (χ0v) is 11.6. The molecular weight excluding hydrogens is 306 g/mol. The van der Waals surface area contributed by atoms with Crippen molar-refractivity contribution in [1.82, 2.24) is 0 Å². The Morgan fingerprint density at radius 1 is 1.33 bits per heavy atom. The maximum atomic E-state index is 11.5. The summed E-state index contributed by atoms with van der Waals surface area (Å²) in [4.78, 5) is 22.1. The molecule has 0 radical (unpaired) electrons. The Hall–Kier alpha value is -0.760. The Balaban J connectivity index is 2.14. The van der Waals surface area contributed by atoms with Gasteiger partial charge in [-0.2, -0.15) is 0 Å². The van der Waals surface area contributed by atoms with E-state index in [2.05, 4.69) is 15.9 Å². The van der Waals surface area contributed by atoms with Crippen LogP contribution >= 0.6 is 15.9 Å². The number of halogens is 1. The van der Waals surface area contributed by atoms with Crippen molar-refractivity contribution < 1.29 is 14.3 Å². The monoisotopic (exact) mass is 320 g/mol. The van der Waals surface area contributed by atoms with Gasteiger partial charge in [-0.1, -0.05) is 15.9 Å².